The Morgan fingerprint density at radius 3 is 2.05 bits per heavy atom. The van der Waals surface area contributed by atoms with E-state index in [1.165, 1.54) is 55.3 Å². The fraction of sp³-hybridized carbons (Fsp3) is 0.571. The van der Waals surface area contributed by atoms with Crippen molar-refractivity contribution in [3.63, 3.8) is 0 Å². The molecule has 1 unspecified atom stereocenters. The molecule has 5 rings (SSSR count). The number of amides is 8. The number of aromatic hydroxyl groups is 1. The summed E-state index contributed by atoms with van der Waals surface area (Å²) in [6.45, 7) is 9.79. The van der Waals surface area contributed by atoms with Crippen LogP contribution in [0.3, 0.4) is 0 Å². The van der Waals surface area contributed by atoms with Gasteiger partial charge in [0.25, 0.3) is 0 Å². The third kappa shape index (κ3) is 17.0. The second kappa shape index (κ2) is 29.0. The van der Waals surface area contributed by atoms with Crippen LogP contribution >= 0.6 is 0 Å². The number of carboxylic acid groups (broad SMARTS) is 1. The molecule has 0 aromatic heterocycles. The number of likely N-dealkylation sites (N-methyl/N-ethyl adjacent to an activating group) is 1. The molecule has 0 radical (unpaired) electrons. The maximum atomic E-state index is 14.9. The number of carboxylic acids is 1. The van der Waals surface area contributed by atoms with Crippen molar-refractivity contribution in [1.29, 1.82) is 0 Å². The Morgan fingerprint density at radius 1 is 0.759 bits per heavy atom. The van der Waals surface area contributed by atoms with Crippen LogP contribution in [0.4, 0.5) is 0 Å². The van der Waals surface area contributed by atoms with E-state index < -0.39 is 157 Å². The second-order valence-electron chi connectivity index (χ2n) is 21.1. The van der Waals surface area contributed by atoms with Gasteiger partial charge in [-0.1, -0.05) is 95.7 Å². The van der Waals surface area contributed by atoms with Crippen molar-refractivity contribution in [2.45, 2.75) is 179 Å². The number of aliphatic hydroxyl groups is 2. The van der Waals surface area contributed by atoms with Crippen molar-refractivity contribution in [3.8, 4) is 5.75 Å². The van der Waals surface area contributed by atoms with Crippen LogP contribution in [0.15, 0.2) is 66.7 Å². The number of benzene rings is 2. The first-order valence-electron chi connectivity index (χ1n) is 27.1. The zero-order valence-corrected chi connectivity index (χ0v) is 45.9. The van der Waals surface area contributed by atoms with Crippen LogP contribution in [0.25, 0.3) is 0 Å². The van der Waals surface area contributed by atoms with Gasteiger partial charge in [0.15, 0.2) is 0 Å². The molecule has 2 bridgehead atoms. The monoisotopic (exact) mass is 1100 g/mol. The molecule has 2 aromatic rings. The van der Waals surface area contributed by atoms with Crippen molar-refractivity contribution < 1.29 is 73.1 Å². The zero-order valence-electron chi connectivity index (χ0n) is 45.9. The smallest absolute Gasteiger partial charge is 0.329 e. The van der Waals surface area contributed by atoms with Crippen molar-refractivity contribution >= 4 is 59.2 Å². The van der Waals surface area contributed by atoms with E-state index in [0.29, 0.717) is 24.0 Å². The Morgan fingerprint density at radius 2 is 1.44 bits per heavy atom. The molecule has 432 valence electrons. The van der Waals surface area contributed by atoms with Gasteiger partial charge in [0, 0.05) is 38.6 Å². The highest BCUT2D eigenvalue weighted by molar-refractivity contribution is 5.98. The number of aliphatic hydroxyl groups excluding tert-OH is 2. The quantitative estimate of drug-likeness (QED) is 0.0731. The van der Waals surface area contributed by atoms with E-state index in [1.807, 2.05) is 0 Å². The van der Waals surface area contributed by atoms with Gasteiger partial charge in [-0.25, -0.2) is 9.59 Å². The number of nitrogens with zero attached hydrogens (tertiary/aromatic N) is 2. The van der Waals surface area contributed by atoms with E-state index in [2.05, 4.69) is 31.9 Å². The van der Waals surface area contributed by atoms with Gasteiger partial charge < -0.3 is 66.9 Å². The summed E-state index contributed by atoms with van der Waals surface area (Å²) >= 11 is 0. The Balaban J connectivity index is 1.52. The predicted molar refractivity (Wildman–Crippen MR) is 285 cm³/mol. The highest BCUT2D eigenvalue weighted by atomic mass is 16.5. The summed E-state index contributed by atoms with van der Waals surface area (Å²) in [7, 11) is 1.38. The fourth-order valence-corrected chi connectivity index (χ4v) is 9.93. The van der Waals surface area contributed by atoms with Gasteiger partial charge in [-0.15, -0.1) is 0 Å². The molecule has 2 aliphatic heterocycles. The van der Waals surface area contributed by atoms with Gasteiger partial charge in [0.2, 0.25) is 47.3 Å². The van der Waals surface area contributed by atoms with Crippen LogP contribution in [0.5, 0.6) is 5.75 Å². The Hall–Kier alpha value is -7.40. The molecule has 0 spiro atoms. The number of carbonyl (C=O) groups is 10. The minimum Gasteiger partial charge on any atom is -0.508 e. The molecule has 23 nitrogen and oxygen atoms in total. The topological polar surface area (TPSA) is 340 Å². The standard InChI is InChI=1S/C56H78N8O15/c1-8-13-42(67)57-40(28-34-16-20-36(65)21-17-34)49(70)59-39(55(76)77)24-26-43(68)60-46-32(6)79-56(78)45(31(5)9-2)61-50(71)41(29-33-14-11-10-12-15-33)63(7)54(75)48(30(3)4)64-44(69)27-25-38(53(64)74)58-52(73)47(62-51(46)72)35-18-22-37(66)23-19-35/h10-12,14-18,20-22,30-32,35,37-41,44-48,65-66,69H,8-9,13,19,23-29H2,1-7H3,(H,57,67)(H,58,73)(H,59,70)(H,60,68)(H,61,71)(H,62,72)(H,76,77)/t31-,32+,35+,37-,38-,39-,40-,41-,44+,45?,46-,47-,48-/m0/s1. The number of phenolic OH excluding ortho intramolecular Hbond substituents is 1. The highest BCUT2D eigenvalue weighted by Gasteiger charge is 2.47. The van der Waals surface area contributed by atoms with Crippen LogP contribution in [-0.4, -0.2) is 163 Å². The Bertz CT molecular complexity index is 2530. The molecule has 2 aromatic carbocycles. The van der Waals surface area contributed by atoms with Crippen LogP contribution in [0, 0.1) is 17.8 Å². The summed E-state index contributed by atoms with van der Waals surface area (Å²) < 4.78 is 5.95. The maximum absolute atomic E-state index is 14.9. The lowest BCUT2D eigenvalue weighted by molar-refractivity contribution is -0.167. The van der Waals surface area contributed by atoms with Crippen LogP contribution in [0.1, 0.15) is 110 Å². The summed E-state index contributed by atoms with van der Waals surface area (Å²) in [6, 6.07) is 2.85. The van der Waals surface area contributed by atoms with Gasteiger partial charge >= 0.3 is 11.9 Å². The third-order valence-electron chi connectivity index (χ3n) is 14.8. The number of aliphatic carboxylic acids is 1. The predicted octanol–water partition coefficient (Wildman–Crippen LogP) is 0.862. The summed E-state index contributed by atoms with van der Waals surface area (Å²) in [5, 5.41) is 57.5. The fourth-order valence-electron chi connectivity index (χ4n) is 9.93. The summed E-state index contributed by atoms with van der Waals surface area (Å²) in [5.74, 6) is -11.3. The lowest BCUT2D eigenvalue weighted by Crippen LogP contribution is -2.66. The van der Waals surface area contributed by atoms with Crippen molar-refractivity contribution in [1.82, 2.24) is 41.7 Å². The molecule has 1 aliphatic carbocycles. The zero-order chi connectivity index (χ0) is 58.2. The lowest BCUT2D eigenvalue weighted by Gasteiger charge is -2.44. The van der Waals surface area contributed by atoms with Crippen LogP contribution in [0.2, 0.25) is 0 Å². The first-order valence-corrected chi connectivity index (χ1v) is 27.1. The molecule has 8 amide bonds. The largest absolute Gasteiger partial charge is 0.508 e. The molecule has 2 saturated heterocycles. The van der Waals surface area contributed by atoms with Crippen LogP contribution < -0.4 is 31.9 Å². The molecule has 23 heteroatoms. The average Bonchev–Trinajstić information content (AvgIpc) is 3.49. The number of esters is 1. The van der Waals surface area contributed by atoms with Gasteiger partial charge in [-0.2, -0.15) is 0 Å². The van der Waals surface area contributed by atoms with Crippen molar-refractivity contribution in [2.24, 2.45) is 17.8 Å². The Kier molecular flexibility index (Phi) is 22.9. The summed E-state index contributed by atoms with van der Waals surface area (Å²) in [4.78, 5) is 143. The summed E-state index contributed by atoms with van der Waals surface area (Å²) in [6.07, 6.45) is -1.33. The van der Waals surface area contributed by atoms with E-state index in [0.717, 1.165) is 4.90 Å². The van der Waals surface area contributed by atoms with Gasteiger partial charge in [-0.05, 0) is 80.5 Å². The number of carbonyl (C=O) groups excluding carboxylic acids is 9. The molecule has 3 aliphatic rings. The first-order chi connectivity index (χ1) is 37.4. The lowest BCUT2D eigenvalue weighted by atomic mass is 9.87. The molecule has 13 atom stereocenters. The van der Waals surface area contributed by atoms with Crippen molar-refractivity contribution in [2.75, 3.05) is 7.05 Å². The number of nitrogens with one attached hydrogen (secondary N) is 6. The molecule has 10 N–H and O–H groups in total. The number of cyclic esters (lactones) is 1. The molecule has 79 heavy (non-hydrogen) atoms. The number of phenols is 1. The van der Waals surface area contributed by atoms with E-state index in [1.54, 1.807) is 65.0 Å². The molecular weight excluding hydrogens is 1020 g/mol. The summed E-state index contributed by atoms with van der Waals surface area (Å²) in [5.41, 5.74) is 1.17. The van der Waals surface area contributed by atoms with Gasteiger partial charge in [-0.3, -0.25) is 38.4 Å². The molecular formula is C56H78N8O15. The normalized spacial score (nSPS) is 26.7. The average molecular weight is 1100 g/mol. The van der Waals surface area contributed by atoms with Crippen LogP contribution in [-0.2, 0) is 65.5 Å². The molecule has 0 saturated carbocycles. The number of fused-ring (bicyclic) bond motifs is 2. The van der Waals surface area contributed by atoms with Gasteiger partial charge in [0.05, 0.1) is 6.10 Å². The third-order valence-corrected chi connectivity index (χ3v) is 14.8. The highest BCUT2D eigenvalue weighted by Crippen LogP contribution is 2.28. The number of hydrogen-bond acceptors (Lipinski definition) is 14. The van der Waals surface area contributed by atoms with E-state index in [-0.39, 0.29) is 50.7 Å². The van der Waals surface area contributed by atoms with E-state index >= 15 is 0 Å². The van der Waals surface area contributed by atoms with E-state index in [4.69, 9.17) is 4.74 Å². The minimum atomic E-state index is -1.83. The number of piperidine rings is 1. The second-order valence-corrected chi connectivity index (χ2v) is 21.1. The maximum Gasteiger partial charge on any atom is 0.329 e. The van der Waals surface area contributed by atoms with Gasteiger partial charge in [0.1, 0.15) is 66.4 Å². The Labute approximate surface area is 460 Å². The molecule has 2 heterocycles. The van der Waals surface area contributed by atoms with E-state index in [9.17, 15) is 68.4 Å². The number of ether oxygens (including phenoxy) is 1. The first kappa shape index (κ1) is 62.4. The minimum absolute atomic E-state index is 0.0415. The SMILES string of the molecule is CCCC(=O)N[C@@H](Cc1ccc(O)cc1)C(=O)N[C@@H](CCC(=O)N[C@@H]1C(=O)N[C@@H]([C@@H]2C=C[C@H](O)CC2)C(=O)N[C@H]2CC[C@@H](O)N(C2=O)[C@@H](C(C)C)C(=O)N(C)[C@@H](Cc2ccccc2)C(=O)NC([C@@H](C)CC)C(=O)O[C@@H]1C)C(=O)O. The number of rotatable bonds is 18. The molecule has 2 fully saturated rings. The van der Waals surface area contributed by atoms with Crippen molar-refractivity contribution in [3.05, 3.63) is 77.9 Å². The number of hydrogen-bond donors (Lipinski definition) is 10.